The minimum absolute atomic E-state index is 0.0356. The van der Waals surface area contributed by atoms with Gasteiger partial charge in [-0.2, -0.15) is 23.4 Å². The third-order valence-corrected chi connectivity index (χ3v) is 5.44. The Hall–Kier alpha value is -2.94. The molecule has 9 nitrogen and oxygen atoms in total. The van der Waals surface area contributed by atoms with Gasteiger partial charge in [-0.25, -0.2) is 9.97 Å². The fraction of sp³-hybridized carbons (Fsp3) is 0.632. The molecule has 0 aromatic carbocycles. The summed E-state index contributed by atoms with van der Waals surface area (Å²) in [4.78, 5) is 13.1. The molecule has 12 heteroatoms. The molecule has 2 aliphatic rings. The van der Waals surface area contributed by atoms with Crippen molar-refractivity contribution in [2.24, 2.45) is 0 Å². The quantitative estimate of drug-likeness (QED) is 0.695. The van der Waals surface area contributed by atoms with E-state index < -0.39 is 12.1 Å². The van der Waals surface area contributed by atoms with Gasteiger partial charge in [0.05, 0.1) is 12.2 Å². The van der Waals surface area contributed by atoms with E-state index in [1.54, 1.807) is 4.90 Å². The van der Waals surface area contributed by atoms with Gasteiger partial charge in [-0.1, -0.05) is 0 Å². The highest BCUT2D eigenvalue weighted by Crippen LogP contribution is 2.31. The van der Waals surface area contributed by atoms with Crippen LogP contribution in [0.25, 0.3) is 0 Å². The van der Waals surface area contributed by atoms with Crippen LogP contribution in [0.15, 0.2) is 16.9 Å². The fourth-order valence-electron chi connectivity index (χ4n) is 3.86. The molecule has 1 saturated heterocycles. The van der Waals surface area contributed by atoms with Gasteiger partial charge < -0.3 is 18.9 Å². The molecule has 2 aromatic rings. The Bertz CT molecular complexity index is 915. The molecule has 0 spiro atoms. The normalized spacial score (nSPS) is 22.8. The van der Waals surface area contributed by atoms with E-state index in [0.29, 0.717) is 25.9 Å². The lowest BCUT2D eigenvalue weighted by molar-refractivity contribution is -0.159. The van der Waals surface area contributed by atoms with Crippen LogP contribution in [0.2, 0.25) is 0 Å². The summed E-state index contributed by atoms with van der Waals surface area (Å²) in [6.07, 6.45) is 3.00. The van der Waals surface area contributed by atoms with Crippen LogP contribution in [0.5, 0.6) is 5.88 Å². The summed E-state index contributed by atoms with van der Waals surface area (Å²) < 4.78 is 54.2. The molecule has 2 fully saturated rings. The van der Waals surface area contributed by atoms with Crippen LogP contribution in [-0.4, -0.2) is 51.5 Å². The lowest BCUT2D eigenvalue weighted by Gasteiger charge is -2.35. The first-order chi connectivity index (χ1) is 14.9. The summed E-state index contributed by atoms with van der Waals surface area (Å²) in [5.74, 6) is -1.11. The molecule has 4 rings (SSSR count). The summed E-state index contributed by atoms with van der Waals surface area (Å²) in [6.45, 7) is 1.01. The zero-order valence-corrected chi connectivity index (χ0v) is 16.6. The molecule has 0 N–H and O–H groups in total. The molecular weight excluding hydrogens is 417 g/mol. The van der Waals surface area contributed by atoms with Crippen LogP contribution in [0.3, 0.4) is 0 Å². The van der Waals surface area contributed by atoms with Crippen LogP contribution in [0, 0.1) is 11.3 Å². The minimum atomic E-state index is -4.64. The molecule has 1 saturated carbocycles. The van der Waals surface area contributed by atoms with E-state index in [0.717, 1.165) is 25.7 Å². The molecule has 0 bridgehead atoms. The van der Waals surface area contributed by atoms with Gasteiger partial charge >= 0.3 is 12.1 Å². The molecule has 166 valence electrons. The molecule has 0 unspecified atom stereocenters. The molecule has 0 atom stereocenters. The fourth-order valence-corrected chi connectivity index (χ4v) is 3.86. The van der Waals surface area contributed by atoms with Gasteiger partial charge in [0.25, 0.3) is 11.8 Å². The van der Waals surface area contributed by atoms with Gasteiger partial charge in [0.1, 0.15) is 12.2 Å². The summed E-state index contributed by atoms with van der Waals surface area (Å²) in [5.41, 5.74) is 0.177. The van der Waals surface area contributed by atoms with E-state index in [1.165, 1.54) is 12.4 Å². The third kappa shape index (κ3) is 5.22. The minimum Gasteiger partial charge on any atom is -0.472 e. The second-order valence-electron chi connectivity index (χ2n) is 7.56. The highest BCUT2D eigenvalue weighted by Gasteiger charge is 2.39. The van der Waals surface area contributed by atoms with Gasteiger partial charge in [-0.15, -0.1) is 0 Å². The zero-order chi connectivity index (χ0) is 21.8. The van der Waals surface area contributed by atoms with Crippen molar-refractivity contribution in [2.75, 3.05) is 18.0 Å². The monoisotopic (exact) mass is 438 g/mol. The van der Waals surface area contributed by atoms with E-state index in [1.807, 2.05) is 6.07 Å². The zero-order valence-electron chi connectivity index (χ0n) is 16.6. The predicted molar refractivity (Wildman–Crippen MR) is 99.0 cm³/mol. The van der Waals surface area contributed by atoms with Gasteiger partial charge in [-0.05, 0) is 43.7 Å². The molecule has 3 heterocycles. The smallest absolute Gasteiger partial charge is 0.471 e. The number of piperidine rings is 1. The number of hydrogen-bond donors (Lipinski definition) is 0. The van der Waals surface area contributed by atoms with E-state index in [9.17, 15) is 13.2 Å². The Balaban J connectivity index is 1.21. The maximum absolute atomic E-state index is 12.6. The first-order valence-corrected chi connectivity index (χ1v) is 10.1. The Morgan fingerprint density at radius 2 is 1.65 bits per heavy atom. The average Bonchev–Trinajstić information content (AvgIpc) is 3.27. The first-order valence-electron chi connectivity index (χ1n) is 10.1. The molecule has 1 aliphatic carbocycles. The summed E-state index contributed by atoms with van der Waals surface area (Å²) in [6, 6.07) is 1.97. The lowest BCUT2D eigenvalue weighted by Crippen LogP contribution is -2.40. The van der Waals surface area contributed by atoms with Gasteiger partial charge in [0, 0.05) is 25.5 Å². The molecule has 31 heavy (non-hydrogen) atoms. The Morgan fingerprint density at radius 3 is 2.29 bits per heavy atom. The van der Waals surface area contributed by atoms with Crippen LogP contribution in [-0.2, 0) is 10.9 Å². The van der Waals surface area contributed by atoms with Crippen LogP contribution in [0.4, 0.5) is 19.1 Å². The standard InChI is InChI=1S/C19H21F3N6O3/c20-19(21,22)17-26-18(27-31-17)28-9-5-14(6-10-28)29-12-1-3-13(4-2-12)30-16-15(11-23)24-7-8-25-16/h7-8,12-14H,1-6,9-10H2. The first kappa shape index (κ1) is 21.3. The Kier molecular flexibility index (Phi) is 6.22. The second kappa shape index (κ2) is 9.05. The number of nitriles is 1. The summed E-state index contributed by atoms with van der Waals surface area (Å²) in [7, 11) is 0. The van der Waals surface area contributed by atoms with Crippen molar-refractivity contribution in [1.29, 1.82) is 5.26 Å². The van der Waals surface area contributed by atoms with Crippen molar-refractivity contribution < 1.29 is 27.2 Å². The number of halogens is 3. The maximum Gasteiger partial charge on any atom is 0.471 e. The van der Waals surface area contributed by atoms with Gasteiger partial charge in [-0.3, -0.25) is 0 Å². The van der Waals surface area contributed by atoms with Crippen molar-refractivity contribution in [2.45, 2.75) is 63.0 Å². The molecule has 0 radical (unpaired) electrons. The molecular formula is C19H21F3N6O3. The maximum atomic E-state index is 12.6. The van der Waals surface area contributed by atoms with E-state index >= 15 is 0 Å². The number of rotatable bonds is 5. The largest absolute Gasteiger partial charge is 0.472 e. The molecule has 2 aromatic heterocycles. The second-order valence-corrected chi connectivity index (χ2v) is 7.56. The highest BCUT2D eigenvalue weighted by atomic mass is 19.4. The van der Waals surface area contributed by atoms with Crippen molar-refractivity contribution in [3.8, 4) is 11.9 Å². The topological polar surface area (TPSA) is 110 Å². The number of aromatic nitrogens is 4. The number of nitrogens with zero attached hydrogens (tertiary/aromatic N) is 6. The van der Waals surface area contributed by atoms with Crippen molar-refractivity contribution in [1.82, 2.24) is 20.1 Å². The van der Waals surface area contributed by atoms with Crippen LogP contribution >= 0.6 is 0 Å². The van der Waals surface area contributed by atoms with Crippen LogP contribution < -0.4 is 9.64 Å². The van der Waals surface area contributed by atoms with E-state index in [-0.39, 0.29) is 35.8 Å². The molecule has 1 aliphatic heterocycles. The number of ether oxygens (including phenoxy) is 2. The number of hydrogen-bond acceptors (Lipinski definition) is 9. The average molecular weight is 438 g/mol. The van der Waals surface area contributed by atoms with E-state index in [4.69, 9.17) is 14.7 Å². The van der Waals surface area contributed by atoms with E-state index in [2.05, 4.69) is 24.6 Å². The SMILES string of the molecule is N#Cc1nccnc1OC1CCC(OC2CCN(c3noc(C(F)(F)F)n3)CC2)CC1. The van der Waals surface area contributed by atoms with Gasteiger partial charge in [0.2, 0.25) is 5.69 Å². The van der Waals surface area contributed by atoms with Crippen molar-refractivity contribution in [3.63, 3.8) is 0 Å². The highest BCUT2D eigenvalue weighted by molar-refractivity contribution is 5.30. The Morgan fingerprint density at radius 1 is 1.00 bits per heavy atom. The summed E-state index contributed by atoms with van der Waals surface area (Å²) in [5, 5.41) is 12.5. The predicted octanol–water partition coefficient (Wildman–Crippen LogP) is 3.13. The lowest BCUT2D eigenvalue weighted by atomic mass is 9.94. The van der Waals surface area contributed by atoms with Crippen molar-refractivity contribution in [3.05, 3.63) is 24.0 Å². The van der Waals surface area contributed by atoms with Gasteiger partial charge in [0.15, 0.2) is 0 Å². The number of alkyl halides is 3. The molecule has 0 amide bonds. The third-order valence-electron chi connectivity index (χ3n) is 5.44. The number of anilines is 1. The van der Waals surface area contributed by atoms with Crippen LogP contribution in [0.1, 0.15) is 50.1 Å². The Labute approximate surface area is 176 Å². The summed E-state index contributed by atoms with van der Waals surface area (Å²) >= 11 is 0. The van der Waals surface area contributed by atoms with Crippen molar-refractivity contribution >= 4 is 5.95 Å².